The Morgan fingerprint density at radius 2 is 2.19 bits per heavy atom. The minimum atomic E-state index is -0.0932. The molecule has 0 spiro atoms. The number of hydrogen-bond acceptors (Lipinski definition) is 5. The van der Waals surface area contributed by atoms with Crippen molar-refractivity contribution in [3.63, 3.8) is 0 Å². The first kappa shape index (κ1) is 17.1. The van der Waals surface area contributed by atoms with E-state index in [1.54, 1.807) is 25.6 Å². The van der Waals surface area contributed by atoms with Gasteiger partial charge in [-0.15, -0.1) is 0 Å². The third-order valence-corrected chi connectivity index (χ3v) is 4.77. The molecule has 1 amide bonds. The van der Waals surface area contributed by atoms with Gasteiger partial charge in [0, 0.05) is 35.2 Å². The van der Waals surface area contributed by atoms with Gasteiger partial charge < -0.3 is 4.74 Å². The normalized spacial score (nSPS) is 18.6. The van der Waals surface area contributed by atoms with Crippen molar-refractivity contribution in [2.75, 3.05) is 7.11 Å². The topological polar surface area (TPSA) is 76.5 Å². The summed E-state index contributed by atoms with van der Waals surface area (Å²) >= 11 is 0. The highest BCUT2D eigenvalue weighted by Gasteiger charge is 2.45. The number of nitrogens with one attached hydrogen (secondary N) is 1. The lowest BCUT2D eigenvalue weighted by Crippen LogP contribution is -2.20. The Hall–Kier alpha value is -3.28. The molecule has 0 saturated heterocycles. The maximum atomic E-state index is 12.3. The van der Waals surface area contributed by atoms with Crippen LogP contribution in [-0.4, -0.2) is 29.2 Å². The maximum Gasteiger partial charge on any atom is 0.243 e. The van der Waals surface area contributed by atoms with E-state index >= 15 is 0 Å². The molecule has 136 valence electrons. The van der Waals surface area contributed by atoms with Gasteiger partial charge in [0.25, 0.3) is 0 Å². The van der Waals surface area contributed by atoms with Crippen molar-refractivity contribution in [3.8, 4) is 5.88 Å². The monoisotopic (exact) mass is 360 g/mol. The fourth-order valence-electron chi connectivity index (χ4n) is 3.29. The molecule has 1 aromatic carbocycles. The van der Waals surface area contributed by atoms with E-state index in [1.807, 2.05) is 43.3 Å². The number of fused-ring (bicyclic) bond motifs is 1. The van der Waals surface area contributed by atoms with Crippen molar-refractivity contribution in [3.05, 3.63) is 65.5 Å². The number of ether oxygens (including phenoxy) is 1. The molecule has 0 radical (unpaired) electrons. The van der Waals surface area contributed by atoms with Crippen LogP contribution in [0.3, 0.4) is 0 Å². The van der Waals surface area contributed by atoms with Crippen molar-refractivity contribution in [1.82, 2.24) is 15.4 Å². The number of pyridine rings is 2. The summed E-state index contributed by atoms with van der Waals surface area (Å²) in [4.78, 5) is 21.1. The van der Waals surface area contributed by atoms with Crippen LogP contribution >= 0.6 is 0 Å². The van der Waals surface area contributed by atoms with Crippen LogP contribution in [0.2, 0.25) is 0 Å². The number of rotatable bonds is 5. The van der Waals surface area contributed by atoms with Crippen molar-refractivity contribution in [2.24, 2.45) is 11.0 Å². The number of carbonyl (C=O) groups is 1. The molecular weight excluding hydrogens is 340 g/mol. The molecule has 2 atom stereocenters. The molecule has 3 aromatic rings. The first-order valence-electron chi connectivity index (χ1n) is 8.85. The van der Waals surface area contributed by atoms with E-state index < -0.39 is 0 Å². The average Bonchev–Trinajstić information content (AvgIpc) is 3.49. The molecule has 6 nitrogen and oxygen atoms in total. The van der Waals surface area contributed by atoms with Crippen molar-refractivity contribution < 1.29 is 9.53 Å². The van der Waals surface area contributed by atoms with E-state index in [2.05, 4.69) is 20.5 Å². The highest BCUT2D eigenvalue weighted by atomic mass is 16.5. The summed E-state index contributed by atoms with van der Waals surface area (Å²) in [5.74, 6) is 0.520. The number of carbonyl (C=O) groups excluding carboxylic acids is 1. The largest absolute Gasteiger partial charge is 0.481 e. The molecule has 4 rings (SSSR count). The van der Waals surface area contributed by atoms with Crippen molar-refractivity contribution in [1.29, 1.82) is 0 Å². The minimum Gasteiger partial charge on any atom is -0.481 e. The number of benzene rings is 1. The predicted octanol–water partition coefficient (Wildman–Crippen LogP) is 3.20. The van der Waals surface area contributed by atoms with Crippen LogP contribution in [-0.2, 0) is 4.79 Å². The molecule has 0 aliphatic heterocycles. The minimum absolute atomic E-state index is 0.0833. The predicted molar refractivity (Wildman–Crippen MR) is 104 cm³/mol. The van der Waals surface area contributed by atoms with Crippen LogP contribution < -0.4 is 10.2 Å². The highest BCUT2D eigenvalue weighted by molar-refractivity contribution is 5.91. The molecule has 2 heterocycles. The molecule has 2 aromatic heterocycles. The van der Waals surface area contributed by atoms with Gasteiger partial charge in [0.1, 0.15) is 0 Å². The second-order valence-corrected chi connectivity index (χ2v) is 6.70. The molecule has 1 N–H and O–H groups in total. The quantitative estimate of drug-likeness (QED) is 0.560. The number of methoxy groups -OCH3 is 1. The van der Waals surface area contributed by atoms with Gasteiger partial charge >= 0.3 is 0 Å². The summed E-state index contributed by atoms with van der Waals surface area (Å²) in [6.45, 7) is 2.02. The van der Waals surface area contributed by atoms with Crippen LogP contribution in [0.1, 0.15) is 29.2 Å². The van der Waals surface area contributed by atoms with Gasteiger partial charge in [-0.1, -0.05) is 12.1 Å². The van der Waals surface area contributed by atoms with E-state index in [1.165, 1.54) is 0 Å². The molecule has 2 unspecified atom stereocenters. The second-order valence-electron chi connectivity index (χ2n) is 6.70. The number of hydrazone groups is 1. The Balaban J connectivity index is 1.40. The zero-order chi connectivity index (χ0) is 18.8. The molecular formula is C21H20N4O2. The first-order chi connectivity index (χ1) is 13.2. The van der Waals surface area contributed by atoms with E-state index in [4.69, 9.17) is 4.74 Å². The number of amides is 1. The Kier molecular flexibility index (Phi) is 4.54. The van der Waals surface area contributed by atoms with Crippen molar-refractivity contribution in [2.45, 2.75) is 19.3 Å². The standard InChI is InChI=1S/C21H20N4O2/c1-13-9-14(10-15-5-4-8-22-20(13)15)12-23-25-21(26)17-11-16(17)18-6-3-7-19(24-18)27-2/h3-10,12,16-17H,11H2,1-2H3,(H,25,26). The van der Waals surface area contributed by atoms with Gasteiger partial charge in [0.15, 0.2) is 0 Å². The fourth-order valence-corrected chi connectivity index (χ4v) is 3.29. The van der Waals surface area contributed by atoms with Gasteiger partial charge in [0.05, 0.1) is 18.8 Å². The fraction of sp³-hybridized carbons (Fsp3) is 0.238. The number of hydrogen-bond donors (Lipinski definition) is 1. The van der Waals surface area contributed by atoms with Gasteiger partial charge in [0.2, 0.25) is 11.8 Å². The molecule has 1 aliphatic rings. The van der Waals surface area contributed by atoms with Gasteiger partial charge in [-0.3, -0.25) is 9.78 Å². The summed E-state index contributed by atoms with van der Waals surface area (Å²) in [5, 5.41) is 5.17. The van der Waals surface area contributed by atoms with E-state index in [0.717, 1.165) is 34.1 Å². The number of aromatic nitrogens is 2. The van der Waals surface area contributed by atoms with Crippen molar-refractivity contribution >= 4 is 23.0 Å². The Morgan fingerprint density at radius 1 is 1.30 bits per heavy atom. The SMILES string of the molecule is COc1cccc(C2CC2C(=O)NN=Cc2cc(C)c3ncccc3c2)n1. The van der Waals surface area contributed by atoms with Gasteiger partial charge in [-0.25, -0.2) is 10.4 Å². The smallest absolute Gasteiger partial charge is 0.243 e. The van der Waals surface area contributed by atoms with Crippen LogP contribution in [0.25, 0.3) is 10.9 Å². The lowest BCUT2D eigenvalue weighted by molar-refractivity contribution is -0.122. The maximum absolute atomic E-state index is 12.3. The first-order valence-corrected chi connectivity index (χ1v) is 8.85. The Bertz CT molecular complexity index is 1030. The number of nitrogens with zero attached hydrogens (tertiary/aromatic N) is 3. The van der Waals surface area contributed by atoms with Crippen LogP contribution in [0, 0.1) is 12.8 Å². The Labute approximate surface area is 157 Å². The van der Waals surface area contributed by atoms with Gasteiger partial charge in [-0.2, -0.15) is 5.10 Å². The Morgan fingerprint density at radius 3 is 3.04 bits per heavy atom. The summed E-state index contributed by atoms with van der Waals surface area (Å²) in [7, 11) is 1.59. The second kappa shape index (κ2) is 7.15. The zero-order valence-corrected chi connectivity index (χ0v) is 15.2. The summed E-state index contributed by atoms with van der Waals surface area (Å²) in [6.07, 6.45) is 4.23. The van der Waals surface area contributed by atoms with Gasteiger partial charge in [-0.05, 0) is 48.7 Å². The van der Waals surface area contributed by atoms with E-state index in [9.17, 15) is 4.79 Å². The van der Waals surface area contributed by atoms with Crippen LogP contribution in [0.5, 0.6) is 5.88 Å². The lowest BCUT2D eigenvalue weighted by Gasteiger charge is -2.04. The summed E-state index contributed by atoms with van der Waals surface area (Å²) < 4.78 is 5.14. The molecule has 6 heteroatoms. The highest BCUT2D eigenvalue weighted by Crippen LogP contribution is 2.47. The molecule has 1 saturated carbocycles. The third kappa shape index (κ3) is 3.65. The lowest BCUT2D eigenvalue weighted by atomic mass is 10.1. The molecule has 1 aliphatic carbocycles. The average molecular weight is 360 g/mol. The van der Waals surface area contributed by atoms with Crippen LogP contribution in [0.15, 0.2) is 53.8 Å². The summed E-state index contributed by atoms with van der Waals surface area (Å²) in [6, 6.07) is 13.5. The molecule has 27 heavy (non-hydrogen) atoms. The third-order valence-electron chi connectivity index (χ3n) is 4.77. The summed E-state index contributed by atoms with van der Waals surface area (Å²) in [5.41, 5.74) is 6.51. The van der Waals surface area contributed by atoms with E-state index in [0.29, 0.717) is 5.88 Å². The molecule has 0 bridgehead atoms. The van der Waals surface area contributed by atoms with Crippen LogP contribution in [0.4, 0.5) is 0 Å². The van der Waals surface area contributed by atoms with E-state index in [-0.39, 0.29) is 17.7 Å². The molecule has 1 fully saturated rings. The number of aryl methyl sites for hydroxylation is 1. The zero-order valence-electron chi connectivity index (χ0n) is 15.2.